The predicted octanol–water partition coefficient (Wildman–Crippen LogP) is 1.94. The van der Waals surface area contributed by atoms with Crippen LogP contribution >= 0.6 is 10.7 Å². The van der Waals surface area contributed by atoms with Gasteiger partial charge in [0.1, 0.15) is 10.6 Å². The summed E-state index contributed by atoms with van der Waals surface area (Å²) in [5.74, 6) is -0.277. The SMILES string of the molecule is Cc1cc(C)c(O)c(S(=O)(=O)Cl)c1. The molecule has 0 amide bonds. The minimum atomic E-state index is -3.86. The molecule has 0 saturated carbocycles. The van der Waals surface area contributed by atoms with Gasteiger partial charge in [-0.15, -0.1) is 0 Å². The zero-order chi connectivity index (χ0) is 10.2. The highest BCUT2D eigenvalue weighted by Crippen LogP contribution is 2.30. The molecule has 0 bridgehead atoms. The molecular formula is C8H9ClO3S. The van der Waals surface area contributed by atoms with E-state index < -0.39 is 9.05 Å². The van der Waals surface area contributed by atoms with Crippen LogP contribution in [0.1, 0.15) is 11.1 Å². The first-order valence-electron chi connectivity index (χ1n) is 3.57. The smallest absolute Gasteiger partial charge is 0.264 e. The molecule has 5 heteroatoms. The summed E-state index contributed by atoms with van der Waals surface area (Å²) in [4.78, 5) is -0.230. The summed E-state index contributed by atoms with van der Waals surface area (Å²) in [5, 5.41) is 9.39. The fraction of sp³-hybridized carbons (Fsp3) is 0.250. The lowest BCUT2D eigenvalue weighted by Gasteiger charge is -2.05. The Labute approximate surface area is 81.4 Å². The molecule has 13 heavy (non-hydrogen) atoms. The second-order valence-electron chi connectivity index (χ2n) is 2.87. The number of rotatable bonds is 1. The van der Waals surface area contributed by atoms with Gasteiger partial charge in [0, 0.05) is 10.7 Å². The number of aryl methyl sites for hydroxylation is 2. The average Bonchev–Trinajstić information content (AvgIpc) is 1.94. The number of phenolic OH excluding ortho intramolecular Hbond substituents is 1. The van der Waals surface area contributed by atoms with E-state index in [-0.39, 0.29) is 10.6 Å². The van der Waals surface area contributed by atoms with E-state index in [2.05, 4.69) is 0 Å². The Bertz CT molecular complexity index is 437. The molecule has 72 valence electrons. The molecule has 1 aromatic carbocycles. The Morgan fingerprint density at radius 3 is 2.31 bits per heavy atom. The van der Waals surface area contributed by atoms with Crippen molar-refractivity contribution in [3.63, 3.8) is 0 Å². The molecule has 0 atom stereocenters. The van der Waals surface area contributed by atoms with E-state index in [1.54, 1.807) is 19.9 Å². The van der Waals surface area contributed by atoms with E-state index >= 15 is 0 Å². The minimum Gasteiger partial charge on any atom is -0.506 e. The largest absolute Gasteiger partial charge is 0.506 e. The summed E-state index contributed by atoms with van der Waals surface area (Å²) in [6.07, 6.45) is 0. The molecule has 0 aliphatic heterocycles. The molecule has 0 aliphatic rings. The van der Waals surface area contributed by atoms with Gasteiger partial charge in [-0.2, -0.15) is 0 Å². The third-order valence-electron chi connectivity index (χ3n) is 1.67. The molecule has 1 aromatic rings. The van der Waals surface area contributed by atoms with E-state index in [9.17, 15) is 13.5 Å². The highest BCUT2D eigenvalue weighted by atomic mass is 35.7. The molecule has 0 radical (unpaired) electrons. The highest BCUT2D eigenvalue weighted by Gasteiger charge is 2.17. The summed E-state index contributed by atoms with van der Waals surface area (Å²) in [6.45, 7) is 3.35. The topological polar surface area (TPSA) is 54.4 Å². The van der Waals surface area contributed by atoms with Crippen LogP contribution in [0.25, 0.3) is 0 Å². The van der Waals surface area contributed by atoms with Gasteiger partial charge in [-0.25, -0.2) is 8.42 Å². The van der Waals surface area contributed by atoms with Crippen molar-refractivity contribution in [3.05, 3.63) is 23.3 Å². The van der Waals surface area contributed by atoms with Gasteiger partial charge in [0.05, 0.1) is 0 Å². The summed E-state index contributed by atoms with van der Waals surface area (Å²) < 4.78 is 21.9. The van der Waals surface area contributed by atoms with Gasteiger partial charge in [0.2, 0.25) is 0 Å². The lowest BCUT2D eigenvalue weighted by atomic mass is 10.1. The lowest BCUT2D eigenvalue weighted by molar-refractivity contribution is 0.455. The van der Waals surface area contributed by atoms with E-state index in [0.29, 0.717) is 5.56 Å². The molecule has 0 spiro atoms. The lowest BCUT2D eigenvalue weighted by Crippen LogP contribution is -1.94. The van der Waals surface area contributed by atoms with E-state index in [4.69, 9.17) is 10.7 Å². The summed E-state index contributed by atoms with van der Waals surface area (Å²) in [5.41, 5.74) is 1.24. The van der Waals surface area contributed by atoms with Gasteiger partial charge in [0.15, 0.2) is 0 Å². The van der Waals surface area contributed by atoms with E-state index in [1.165, 1.54) is 6.07 Å². The molecular weight excluding hydrogens is 212 g/mol. The Balaban J connectivity index is 3.56. The monoisotopic (exact) mass is 220 g/mol. The van der Waals surface area contributed by atoms with Crippen molar-refractivity contribution in [1.82, 2.24) is 0 Å². The van der Waals surface area contributed by atoms with Gasteiger partial charge in [-0.1, -0.05) is 6.07 Å². The third kappa shape index (κ3) is 2.14. The molecule has 0 fully saturated rings. The summed E-state index contributed by atoms with van der Waals surface area (Å²) in [7, 11) is 1.26. The number of benzene rings is 1. The number of aromatic hydroxyl groups is 1. The van der Waals surface area contributed by atoms with E-state index in [1.807, 2.05) is 0 Å². The number of halogens is 1. The molecule has 1 rings (SSSR count). The van der Waals surface area contributed by atoms with Crippen LogP contribution in [0.2, 0.25) is 0 Å². The second-order valence-corrected chi connectivity index (χ2v) is 5.40. The first-order chi connectivity index (χ1) is 5.82. The minimum absolute atomic E-state index is 0.230. The number of hydrogen-bond acceptors (Lipinski definition) is 3. The molecule has 0 heterocycles. The van der Waals surface area contributed by atoms with Gasteiger partial charge in [0.25, 0.3) is 9.05 Å². The van der Waals surface area contributed by atoms with Crippen LogP contribution < -0.4 is 0 Å². The maximum atomic E-state index is 11.0. The molecule has 1 N–H and O–H groups in total. The fourth-order valence-electron chi connectivity index (χ4n) is 1.11. The Kier molecular flexibility index (Phi) is 2.54. The van der Waals surface area contributed by atoms with Gasteiger partial charge in [-0.3, -0.25) is 0 Å². The van der Waals surface area contributed by atoms with Crippen LogP contribution in [0.3, 0.4) is 0 Å². The Morgan fingerprint density at radius 1 is 1.31 bits per heavy atom. The summed E-state index contributed by atoms with van der Waals surface area (Å²) in [6, 6.07) is 3.02. The third-order valence-corrected chi connectivity index (χ3v) is 3.01. The van der Waals surface area contributed by atoms with Crippen LogP contribution in [0.4, 0.5) is 0 Å². The number of hydrogen-bond donors (Lipinski definition) is 1. The van der Waals surface area contributed by atoms with Gasteiger partial charge in [-0.05, 0) is 31.0 Å². The van der Waals surface area contributed by atoms with Crippen LogP contribution in [0.15, 0.2) is 17.0 Å². The fourth-order valence-corrected chi connectivity index (χ4v) is 2.18. The zero-order valence-electron chi connectivity index (χ0n) is 7.20. The first kappa shape index (κ1) is 10.3. The Hall–Kier alpha value is -0.740. The van der Waals surface area contributed by atoms with E-state index in [0.717, 1.165) is 5.56 Å². The van der Waals surface area contributed by atoms with Crippen molar-refractivity contribution in [3.8, 4) is 5.75 Å². The van der Waals surface area contributed by atoms with Crippen molar-refractivity contribution >= 4 is 19.7 Å². The average molecular weight is 221 g/mol. The number of phenols is 1. The molecule has 3 nitrogen and oxygen atoms in total. The van der Waals surface area contributed by atoms with Crippen molar-refractivity contribution in [2.45, 2.75) is 18.7 Å². The highest BCUT2D eigenvalue weighted by molar-refractivity contribution is 8.13. The van der Waals surface area contributed by atoms with Gasteiger partial charge >= 0.3 is 0 Å². The van der Waals surface area contributed by atoms with Crippen LogP contribution in [-0.2, 0) is 9.05 Å². The predicted molar refractivity (Wildman–Crippen MR) is 50.6 cm³/mol. The normalized spacial score (nSPS) is 11.6. The standard InChI is InChI=1S/C8H9ClO3S/c1-5-3-6(2)8(10)7(4-5)13(9,11)12/h3-4,10H,1-2H3. The van der Waals surface area contributed by atoms with Crippen molar-refractivity contribution < 1.29 is 13.5 Å². The Morgan fingerprint density at radius 2 is 1.85 bits per heavy atom. The zero-order valence-corrected chi connectivity index (χ0v) is 8.78. The molecule has 0 saturated heterocycles. The van der Waals surface area contributed by atoms with Crippen molar-refractivity contribution in [2.75, 3.05) is 0 Å². The maximum absolute atomic E-state index is 11.0. The molecule has 0 unspecified atom stereocenters. The van der Waals surface area contributed by atoms with Crippen LogP contribution in [-0.4, -0.2) is 13.5 Å². The quantitative estimate of drug-likeness (QED) is 0.736. The van der Waals surface area contributed by atoms with Crippen molar-refractivity contribution in [2.24, 2.45) is 0 Å². The molecule has 0 aromatic heterocycles. The summed E-state index contributed by atoms with van der Waals surface area (Å²) >= 11 is 0. The van der Waals surface area contributed by atoms with Crippen LogP contribution in [0.5, 0.6) is 5.75 Å². The first-order valence-corrected chi connectivity index (χ1v) is 5.88. The second kappa shape index (κ2) is 3.20. The maximum Gasteiger partial charge on any atom is 0.264 e. The van der Waals surface area contributed by atoms with Gasteiger partial charge < -0.3 is 5.11 Å². The molecule has 0 aliphatic carbocycles. The van der Waals surface area contributed by atoms with Crippen LogP contribution in [0, 0.1) is 13.8 Å². The van der Waals surface area contributed by atoms with Crippen molar-refractivity contribution in [1.29, 1.82) is 0 Å².